The van der Waals surface area contributed by atoms with Gasteiger partial charge >= 0.3 is 5.69 Å². The molecule has 0 saturated carbocycles. The second-order valence-corrected chi connectivity index (χ2v) is 5.96. The summed E-state index contributed by atoms with van der Waals surface area (Å²) in [6.07, 6.45) is 4.37. The molecule has 29 heavy (non-hydrogen) atoms. The fraction of sp³-hybridized carbons (Fsp3) is 0.0476. The van der Waals surface area contributed by atoms with Crippen molar-refractivity contribution < 1.29 is 19.6 Å². The third kappa shape index (κ3) is 4.75. The number of allylic oxidation sites excluding steroid dienone is 1. The molecule has 8 heteroatoms. The molecule has 0 aliphatic heterocycles. The fourth-order valence-electron chi connectivity index (χ4n) is 2.60. The number of ether oxygens (including phenoxy) is 1. The fourth-order valence-corrected chi connectivity index (χ4v) is 2.60. The van der Waals surface area contributed by atoms with Crippen LogP contribution in [0.2, 0.25) is 0 Å². The predicted octanol–water partition coefficient (Wildman–Crippen LogP) is 4.34. The zero-order valence-corrected chi connectivity index (χ0v) is 15.4. The number of nitro groups is 1. The minimum atomic E-state index is -0.543. The van der Waals surface area contributed by atoms with Crippen molar-refractivity contribution in [3.63, 3.8) is 0 Å². The number of pyridine rings is 1. The topological polar surface area (TPSA) is 115 Å². The molecule has 0 bridgehead atoms. The molecule has 0 aliphatic rings. The smallest absolute Gasteiger partial charge is 0.311 e. The molecular weight excluding hydrogens is 374 g/mol. The molecule has 0 amide bonds. The molecule has 0 atom stereocenters. The van der Waals surface area contributed by atoms with E-state index in [1.807, 2.05) is 0 Å². The molecule has 0 unspecified atom stereocenters. The summed E-state index contributed by atoms with van der Waals surface area (Å²) in [6, 6.07) is 14.0. The van der Waals surface area contributed by atoms with Crippen LogP contribution in [0.3, 0.4) is 0 Å². The van der Waals surface area contributed by atoms with Crippen molar-refractivity contribution in [1.82, 2.24) is 4.98 Å². The number of aromatic nitrogens is 1. The van der Waals surface area contributed by atoms with Crippen LogP contribution in [0, 0.1) is 10.1 Å². The molecule has 0 spiro atoms. The van der Waals surface area contributed by atoms with E-state index in [2.05, 4.69) is 10.3 Å². The number of nitrogens with one attached hydrogen (secondary N) is 1. The number of hydrogen-bond donors (Lipinski definition) is 2. The van der Waals surface area contributed by atoms with Crippen LogP contribution in [0.4, 0.5) is 17.2 Å². The number of phenolic OH excluding ortho intramolecular Hbond substituents is 1. The normalized spacial score (nSPS) is 10.7. The summed E-state index contributed by atoms with van der Waals surface area (Å²) in [5, 5.41) is 23.5. The number of aromatic hydroxyl groups is 1. The maximum Gasteiger partial charge on any atom is 0.311 e. The number of carbonyl (C=O) groups is 1. The predicted molar refractivity (Wildman–Crippen MR) is 109 cm³/mol. The number of phenols is 1. The Balaban J connectivity index is 1.83. The van der Waals surface area contributed by atoms with Crippen LogP contribution >= 0.6 is 0 Å². The number of methoxy groups -OCH3 is 1. The van der Waals surface area contributed by atoms with Crippen LogP contribution in [-0.2, 0) is 0 Å². The Hall–Kier alpha value is -4.20. The molecule has 0 saturated heterocycles. The summed E-state index contributed by atoms with van der Waals surface area (Å²) in [5.41, 5.74) is 1.30. The highest BCUT2D eigenvalue weighted by Gasteiger charge is 2.15. The van der Waals surface area contributed by atoms with Crippen LogP contribution in [0.1, 0.15) is 15.9 Å². The van der Waals surface area contributed by atoms with Crippen LogP contribution in [0.15, 0.2) is 66.9 Å². The first-order valence-corrected chi connectivity index (χ1v) is 8.54. The standard InChI is InChI=1S/C21H17N3O5/c1-29-20-11-5-14(13-18(20)24(27)28)4-10-19(26)17-3-2-12-22-21(17)23-15-6-8-16(25)9-7-15/h2-13,25H,1H3,(H,22,23)/b10-4+. The average Bonchev–Trinajstić information content (AvgIpc) is 2.73. The molecule has 8 nitrogen and oxygen atoms in total. The van der Waals surface area contributed by atoms with Crippen molar-refractivity contribution in [2.45, 2.75) is 0 Å². The highest BCUT2D eigenvalue weighted by Crippen LogP contribution is 2.28. The summed E-state index contributed by atoms with van der Waals surface area (Å²) >= 11 is 0. The van der Waals surface area contributed by atoms with Gasteiger partial charge < -0.3 is 15.2 Å². The molecule has 0 fully saturated rings. The van der Waals surface area contributed by atoms with E-state index in [0.717, 1.165) is 0 Å². The molecule has 146 valence electrons. The number of carbonyl (C=O) groups excluding carboxylic acids is 1. The van der Waals surface area contributed by atoms with Crippen molar-refractivity contribution in [3.05, 3.63) is 88.1 Å². The maximum absolute atomic E-state index is 12.7. The molecule has 1 aromatic heterocycles. The van der Waals surface area contributed by atoms with Crippen LogP contribution in [-0.4, -0.2) is 27.9 Å². The van der Waals surface area contributed by atoms with Gasteiger partial charge in [0, 0.05) is 18.0 Å². The van der Waals surface area contributed by atoms with Crippen molar-refractivity contribution in [2.24, 2.45) is 0 Å². The summed E-state index contributed by atoms with van der Waals surface area (Å²) < 4.78 is 4.97. The molecule has 3 aromatic rings. The lowest BCUT2D eigenvalue weighted by atomic mass is 10.1. The highest BCUT2D eigenvalue weighted by atomic mass is 16.6. The van der Waals surface area contributed by atoms with Gasteiger partial charge in [0.1, 0.15) is 11.6 Å². The zero-order valence-electron chi connectivity index (χ0n) is 15.4. The van der Waals surface area contributed by atoms with Crippen LogP contribution in [0.25, 0.3) is 6.08 Å². The maximum atomic E-state index is 12.7. The van der Waals surface area contributed by atoms with E-state index in [1.54, 1.807) is 36.5 Å². The van der Waals surface area contributed by atoms with Crippen molar-refractivity contribution in [3.8, 4) is 11.5 Å². The van der Waals surface area contributed by atoms with E-state index < -0.39 is 4.92 Å². The number of nitrogens with zero attached hydrogens (tertiary/aromatic N) is 2. The van der Waals surface area contributed by atoms with Gasteiger partial charge in [-0.2, -0.15) is 0 Å². The first kappa shape index (κ1) is 19.6. The first-order valence-electron chi connectivity index (χ1n) is 8.54. The minimum Gasteiger partial charge on any atom is -0.508 e. The van der Waals surface area contributed by atoms with Gasteiger partial charge in [0.05, 0.1) is 17.6 Å². The van der Waals surface area contributed by atoms with E-state index >= 15 is 0 Å². The highest BCUT2D eigenvalue weighted by molar-refractivity contribution is 6.10. The van der Waals surface area contributed by atoms with Crippen molar-refractivity contribution in [2.75, 3.05) is 12.4 Å². The molecule has 3 rings (SSSR count). The first-order chi connectivity index (χ1) is 14.0. The lowest BCUT2D eigenvalue weighted by molar-refractivity contribution is -0.385. The van der Waals surface area contributed by atoms with E-state index in [4.69, 9.17) is 4.74 Å². The Bertz CT molecular complexity index is 1080. The van der Waals surface area contributed by atoms with E-state index in [0.29, 0.717) is 22.6 Å². The second kappa shape index (κ2) is 8.66. The van der Waals surface area contributed by atoms with E-state index in [1.165, 1.54) is 43.5 Å². The van der Waals surface area contributed by atoms with Gasteiger partial charge in [-0.1, -0.05) is 12.1 Å². The van der Waals surface area contributed by atoms with Crippen LogP contribution in [0.5, 0.6) is 11.5 Å². The minimum absolute atomic E-state index is 0.129. The van der Waals surface area contributed by atoms with E-state index in [-0.39, 0.29) is 23.0 Å². The number of anilines is 2. The average molecular weight is 391 g/mol. The summed E-state index contributed by atoms with van der Waals surface area (Å²) in [6.45, 7) is 0. The monoisotopic (exact) mass is 391 g/mol. The summed E-state index contributed by atoms with van der Waals surface area (Å²) in [7, 11) is 1.35. The molecule has 2 N–H and O–H groups in total. The third-order valence-electron chi connectivity index (χ3n) is 4.03. The van der Waals surface area contributed by atoms with Gasteiger partial charge in [-0.05, 0) is 54.1 Å². The largest absolute Gasteiger partial charge is 0.508 e. The van der Waals surface area contributed by atoms with Gasteiger partial charge in [0.15, 0.2) is 11.5 Å². The summed E-state index contributed by atoms with van der Waals surface area (Å²) in [4.78, 5) is 27.4. The second-order valence-electron chi connectivity index (χ2n) is 5.96. The SMILES string of the molecule is COc1ccc(/C=C/C(=O)c2cccnc2Nc2ccc(O)cc2)cc1[N+](=O)[O-]. The zero-order chi connectivity index (χ0) is 20.8. The van der Waals surface area contributed by atoms with Gasteiger partial charge in [-0.15, -0.1) is 0 Å². The Kier molecular flexibility index (Phi) is 5.84. The number of nitro benzene ring substituents is 1. The number of ketones is 1. The van der Waals surface area contributed by atoms with E-state index in [9.17, 15) is 20.0 Å². The number of rotatable bonds is 7. The Labute approximate surface area is 166 Å². The molecule has 0 aliphatic carbocycles. The lowest BCUT2D eigenvalue weighted by Crippen LogP contribution is -2.03. The van der Waals surface area contributed by atoms with Gasteiger partial charge in [0.25, 0.3) is 0 Å². The molecule has 1 heterocycles. The van der Waals surface area contributed by atoms with Crippen LogP contribution < -0.4 is 10.1 Å². The van der Waals surface area contributed by atoms with Crippen molar-refractivity contribution in [1.29, 1.82) is 0 Å². The molecule has 0 radical (unpaired) electrons. The molecular formula is C21H17N3O5. The third-order valence-corrected chi connectivity index (χ3v) is 4.03. The Morgan fingerprint density at radius 1 is 1.21 bits per heavy atom. The Morgan fingerprint density at radius 2 is 1.97 bits per heavy atom. The number of benzene rings is 2. The molecule has 2 aromatic carbocycles. The summed E-state index contributed by atoms with van der Waals surface area (Å²) in [5.74, 6) is 0.307. The lowest BCUT2D eigenvalue weighted by Gasteiger charge is -2.09. The quantitative estimate of drug-likeness (QED) is 0.202. The van der Waals surface area contributed by atoms with Crippen molar-refractivity contribution >= 4 is 29.1 Å². The van der Waals surface area contributed by atoms with Gasteiger partial charge in [0.2, 0.25) is 0 Å². The Morgan fingerprint density at radius 3 is 2.66 bits per heavy atom. The van der Waals surface area contributed by atoms with Gasteiger partial charge in [-0.3, -0.25) is 14.9 Å². The van der Waals surface area contributed by atoms with Gasteiger partial charge in [-0.25, -0.2) is 4.98 Å². The number of hydrogen-bond acceptors (Lipinski definition) is 7.